The Labute approximate surface area is 112 Å². The lowest BCUT2D eigenvalue weighted by Gasteiger charge is -2.31. The summed E-state index contributed by atoms with van der Waals surface area (Å²) in [5.41, 5.74) is 2.61. The van der Waals surface area contributed by atoms with Crippen LogP contribution >= 0.6 is 22.6 Å². The maximum Gasteiger partial charge on any atom is 0.0388 e. The van der Waals surface area contributed by atoms with Crippen LogP contribution in [0.1, 0.15) is 18.4 Å². The number of hydrogen-bond donors (Lipinski definition) is 1. The summed E-state index contributed by atoms with van der Waals surface area (Å²) < 4.78 is 1.34. The van der Waals surface area contributed by atoms with Crippen LogP contribution in [-0.4, -0.2) is 31.1 Å². The first-order valence-electron chi connectivity index (χ1n) is 5.86. The minimum atomic E-state index is 0.609. The Balaban J connectivity index is 2.00. The van der Waals surface area contributed by atoms with Gasteiger partial charge in [-0.3, -0.25) is 0 Å². The molecule has 0 radical (unpaired) electrons. The number of likely N-dealkylation sites (tertiary alicyclic amines) is 1. The van der Waals surface area contributed by atoms with E-state index in [2.05, 4.69) is 65.0 Å². The Morgan fingerprint density at radius 3 is 2.94 bits per heavy atom. The predicted octanol–water partition coefficient (Wildman–Crippen LogP) is 3.11. The van der Waals surface area contributed by atoms with Gasteiger partial charge in [0, 0.05) is 21.8 Å². The first-order chi connectivity index (χ1) is 7.65. The molecule has 88 valence electrons. The Morgan fingerprint density at radius 2 is 2.25 bits per heavy atom. The van der Waals surface area contributed by atoms with Gasteiger partial charge in [0.15, 0.2) is 0 Å². The second-order valence-corrected chi connectivity index (χ2v) is 5.87. The molecule has 1 unspecified atom stereocenters. The van der Waals surface area contributed by atoms with Gasteiger partial charge in [0.05, 0.1) is 0 Å². The van der Waals surface area contributed by atoms with Crippen LogP contribution in [0.15, 0.2) is 18.2 Å². The molecular formula is C13H19IN2. The van der Waals surface area contributed by atoms with Gasteiger partial charge in [-0.25, -0.2) is 0 Å². The second-order valence-electron chi connectivity index (χ2n) is 4.71. The molecule has 0 saturated carbocycles. The lowest BCUT2D eigenvalue weighted by atomic mass is 10.1. The average Bonchev–Trinajstić information content (AvgIpc) is 2.24. The van der Waals surface area contributed by atoms with Gasteiger partial charge in [0.1, 0.15) is 0 Å². The van der Waals surface area contributed by atoms with Crippen LogP contribution in [0, 0.1) is 10.5 Å². The molecule has 0 aromatic heterocycles. The van der Waals surface area contributed by atoms with Gasteiger partial charge in [0.25, 0.3) is 0 Å². The fourth-order valence-electron chi connectivity index (χ4n) is 2.20. The van der Waals surface area contributed by atoms with Crippen molar-refractivity contribution in [3.63, 3.8) is 0 Å². The number of rotatable bonds is 2. The van der Waals surface area contributed by atoms with E-state index in [0.29, 0.717) is 6.04 Å². The molecule has 2 nitrogen and oxygen atoms in total. The zero-order valence-corrected chi connectivity index (χ0v) is 12.1. The second kappa shape index (κ2) is 5.36. The molecule has 1 heterocycles. The van der Waals surface area contributed by atoms with Gasteiger partial charge in [-0.05, 0) is 73.6 Å². The Bertz CT molecular complexity index is 365. The highest BCUT2D eigenvalue weighted by Crippen LogP contribution is 2.20. The molecule has 1 fully saturated rings. The van der Waals surface area contributed by atoms with Crippen LogP contribution in [-0.2, 0) is 0 Å². The summed E-state index contributed by atoms with van der Waals surface area (Å²) in [5, 5.41) is 3.63. The summed E-state index contributed by atoms with van der Waals surface area (Å²) in [5.74, 6) is 0. The van der Waals surface area contributed by atoms with E-state index in [9.17, 15) is 0 Å². The highest BCUT2D eigenvalue weighted by atomic mass is 127. The molecule has 1 aromatic rings. The first-order valence-corrected chi connectivity index (χ1v) is 6.94. The van der Waals surface area contributed by atoms with E-state index in [1.54, 1.807) is 0 Å². The third kappa shape index (κ3) is 3.10. The number of hydrogen-bond acceptors (Lipinski definition) is 2. The lowest BCUT2D eigenvalue weighted by molar-refractivity contribution is 0.261. The molecule has 0 spiro atoms. The zero-order chi connectivity index (χ0) is 11.5. The van der Waals surface area contributed by atoms with Gasteiger partial charge < -0.3 is 10.2 Å². The molecule has 0 aliphatic carbocycles. The fraction of sp³-hybridized carbons (Fsp3) is 0.538. The first kappa shape index (κ1) is 12.2. The molecule has 1 aliphatic heterocycles. The van der Waals surface area contributed by atoms with Crippen LogP contribution in [0.25, 0.3) is 0 Å². The topological polar surface area (TPSA) is 15.3 Å². The van der Waals surface area contributed by atoms with E-state index in [1.165, 1.54) is 34.2 Å². The summed E-state index contributed by atoms with van der Waals surface area (Å²) in [7, 11) is 2.20. The number of aryl methyl sites for hydroxylation is 1. The van der Waals surface area contributed by atoms with Crippen molar-refractivity contribution in [2.75, 3.05) is 25.5 Å². The Hall–Kier alpha value is -0.290. The quantitative estimate of drug-likeness (QED) is 0.839. The minimum Gasteiger partial charge on any atom is -0.381 e. The van der Waals surface area contributed by atoms with Gasteiger partial charge in [0.2, 0.25) is 0 Å². The van der Waals surface area contributed by atoms with Crippen molar-refractivity contribution < 1.29 is 0 Å². The van der Waals surface area contributed by atoms with E-state index in [-0.39, 0.29) is 0 Å². The number of benzene rings is 1. The van der Waals surface area contributed by atoms with Crippen molar-refractivity contribution in [3.8, 4) is 0 Å². The fourth-order valence-corrected chi connectivity index (χ4v) is 2.72. The van der Waals surface area contributed by atoms with Crippen LogP contribution in [0.5, 0.6) is 0 Å². The number of likely N-dealkylation sites (N-methyl/N-ethyl adjacent to an activating group) is 1. The molecule has 1 aromatic carbocycles. The molecule has 0 bridgehead atoms. The van der Waals surface area contributed by atoms with Crippen LogP contribution in [0.4, 0.5) is 5.69 Å². The standard InChI is InChI=1S/C13H19IN2/c1-10-5-6-11(8-13(10)14)15-12-4-3-7-16(2)9-12/h5-6,8,12,15H,3-4,7,9H2,1-2H3. The Kier molecular flexibility index (Phi) is 4.08. The van der Waals surface area contributed by atoms with Gasteiger partial charge in [-0.15, -0.1) is 0 Å². The summed E-state index contributed by atoms with van der Waals surface area (Å²) in [6.45, 7) is 4.55. The summed E-state index contributed by atoms with van der Waals surface area (Å²) in [4.78, 5) is 2.40. The van der Waals surface area contributed by atoms with Crippen molar-refractivity contribution in [2.24, 2.45) is 0 Å². The maximum atomic E-state index is 3.63. The van der Waals surface area contributed by atoms with Crippen LogP contribution in [0.3, 0.4) is 0 Å². The van der Waals surface area contributed by atoms with Crippen LogP contribution in [0.2, 0.25) is 0 Å². The van der Waals surface area contributed by atoms with E-state index in [1.807, 2.05) is 0 Å². The molecule has 1 N–H and O–H groups in total. The molecule has 1 atom stereocenters. The van der Waals surface area contributed by atoms with Crippen molar-refractivity contribution in [1.29, 1.82) is 0 Å². The largest absolute Gasteiger partial charge is 0.381 e. The minimum absolute atomic E-state index is 0.609. The normalized spacial score (nSPS) is 22.1. The third-order valence-corrected chi connectivity index (χ3v) is 4.33. The predicted molar refractivity (Wildman–Crippen MR) is 78.0 cm³/mol. The number of anilines is 1. The van der Waals surface area contributed by atoms with Crippen molar-refractivity contribution in [3.05, 3.63) is 27.3 Å². The van der Waals surface area contributed by atoms with E-state index in [0.717, 1.165) is 6.54 Å². The molecule has 1 aliphatic rings. The van der Waals surface area contributed by atoms with Crippen molar-refractivity contribution in [1.82, 2.24) is 4.90 Å². The SMILES string of the molecule is Cc1ccc(NC2CCCN(C)C2)cc1I. The number of halogens is 1. The third-order valence-electron chi connectivity index (χ3n) is 3.17. The summed E-state index contributed by atoms with van der Waals surface area (Å²) >= 11 is 2.40. The highest BCUT2D eigenvalue weighted by molar-refractivity contribution is 14.1. The molecule has 16 heavy (non-hydrogen) atoms. The number of nitrogens with one attached hydrogen (secondary N) is 1. The maximum absolute atomic E-state index is 3.63. The average molecular weight is 330 g/mol. The number of piperidine rings is 1. The molecule has 1 saturated heterocycles. The van der Waals surface area contributed by atoms with Gasteiger partial charge >= 0.3 is 0 Å². The van der Waals surface area contributed by atoms with Crippen molar-refractivity contribution in [2.45, 2.75) is 25.8 Å². The number of nitrogens with zero attached hydrogens (tertiary/aromatic N) is 1. The van der Waals surface area contributed by atoms with E-state index >= 15 is 0 Å². The molecular weight excluding hydrogens is 311 g/mol. The Morgan fingerprint density at radius 1 is 1.44 bits per heavy atom. The molecule has 3 heteroatoms. The zero-order valence-electron chi connectivity index (χ0n) is 9.96. The van der Waals surface area contributed by atoms with Crippen molar-refractivity contribution >= 4 is 28.3 Å². The van der Waals surface area contributed by atoms with E-state index < -0.39 is 0 Å². The van der Waals surface area contributed by atoms with E-state index in [4.69, 9.17) is 0 Å². The highest BCUT2D eigenvalue weighted by Gasteiger charge is 2.16. The molecule has 0 amide bonds. The summed E-state index contributed by atoms with van der Waals surface area (Å²) in [6, 6.07) is 7.23. The lowest BCUT2D eigenvalue weighted by Crippen LogP contribution is -2.39. The van der Waals surface area contributed by atoms with Gasteiger partial charge in [-0.1, -0.05) is 6.07 Å². The van der Waals surface area contributed by atoms with Crippen LogP contribution < -0.4 is 5.32 Å². The molecule has 2 rings (SSSR count). The summed E-state index contributed by atoms with van der Waals surface area (Å²) in [6.07, 6.45) is 2.59. The van der Waals surface area contributed by atoms with Gasteiger partial charge in [-0.2, -0.15) is 0 Å². The monoisotopic (exact) mass is 330 g/mol. The smallest absolute Gasteiger partial charge is 0.0388 e.